The van der Waals surface area contributed by atoms with E-state index in [0.29, 0.717) is 0 Å². The van der Waals surface area contributed by atoms with Crippen molar-refractivity contribution in [3.63, 3.8) is 0 Å². The molecule has 0 bridgehead atoms. The summed E-state index contributed by atoms with van der Waals surface area (Å²) >= 11 is -4.33. The van der Waals surface area contributed by atoms with Gasteiger partial charge in [0.15, 0.2) is 0 Å². The van der Waals surface area contributed by atoms with E-state index >= 15 is 0 Å². The summed E-state index contributed by atoms with van der Waals surface area (Å²) in [5, 5.41) is 0. The quantitative estimate of drug-likeness (QED) is 0.479. The third-order valence-electron chi connectivity index (χ3n) is 2.24. The van der Waals surface area contributed by atoms with E-state index in [-0.39, 0.29) is 4.44 Å². The van der Waals surface area contributed by atoms with Gasteiger partial charge < -0.3 is 0 Å². The average molecular weight is 447 g/mol. The second kappa shape index (κ2) is 8.06. The molecule has 0 aromatic heterocycles. The fraction of sp³-hybridized carbons (Fsp3) is 0.875. The van der Waals surface area contributed by atoms with E-state index < -0.39 is 54.8 Å². The van der Waals surface area contributed by atoms with Crippen molar-refractivity contribution in [3.8, 4) is 0 Å². The van der Waals surface area contributed by atoms with E-state index in [1.165, 1.54) is 0 Å². The molecule has 0 rings (SSSR count). The van der Waals surface area contributed by atoms with Crippen LogP contribution in [0.25, 0.3) is 0 Å². The number of halogens is 3. The zero-order chi connectivity index (χ0) is 18.7. The summed E-state index contributed by atoms with van der Waals surface area (Å²) in [4.78, 5) is 0. The average Bonchev–Trinajstić information content (AvgIpc) is 2.17. The number of hydrogen-bond acceptors (Lipinski definition) is 3. The van der Waals surface area contributed by atoms with E-state index in [0.717, 1.165) is 0 Å². The first kappa shape index (κ1) is 23.2. The Kier molecular flexibility index (Phi) is 8.13. The normalized spacial score (nSPS) is 14.1. The van der Waals surface area contributed by atoms with Gasteiger partial charge in [-0.25, -0.2) is 0 Å². The van der Waals surface area contributed by atoms with Crippen LogP contribution in [0.5, 0.6) is 0 Å². The van der Waals surface area contributed by atoms with E-state index in [4.69, 9.17) is 9.22 Å². The molecule has 0 unspecified atom stereocenters. The van der Waals surface area contributed by atoms with Crippen molar-refractivity contribution in [1.29, 1.82) is 0 Å². The van der Waals surface area contributed by atoms with Gasteiger partial charge in [0.2, 0.25) is 0 Å². The Hall–Kier alpha value is 0.209. The summed E-state index contributed by atoms with van der Waals surface area (Å²) in [5.74, 6) is -1.43. The van der Waals surface area contributed by atoms with Crippen LogP contribution in [0.4, 0.5) is 13.2 Å². The molecule has 0 heterocycles. The maximum absolute atomic E-state index is 13.4. The third-order valence-corrected chi connectivity index (χ3v) is 12.6. The summed E-state index contributed by atoms with van der Waals surface area (Å²) in [6, 6.07) is 0. The molecule has 0 saturated heterocycles. The van der Waals surface area contributed by atoms with Crippen molar-refractivity contribution in [3.05, 3.63) is 11.9 Å². The fourth-order valence-electron chi connectivity index (χ4n) is 1.97. The Balaban J connectivity index is 5.67. The Labute approximate surface area is 144 Å². The molecule has 7 heteroatoms. The topological polar surface area (TPSA) is 27.7 Å². The first-order valence-electron chi connectivity index (χ1n) is 7.75. The minimum atomic E-state index is -4.33. The van der Waals surface area contributed by atoms with Crippen LogP contribution in [0, 0.1) is 0 Å². The Bertz CT molecular complexity index is 373. The van der Waals surface area contributed by atoms with Gasteiger partial charge in [0.25, 0.3) is 0 Å². The molecular weight excluding hydrogens is 416 g/mol. The van der Waals surface area contributed by atoms with Gasteiger partial charge in [0, 0.05) is 0 Å². The SMILES string of the molecule is CC(C)(C)[O][Sn]([CH2]CC(F)=C(F)F)([O]C(C)(C)C)[O]C(C)(C)C. The van der Waals surface area contributed by atoms with Crippen LogP contribution in [0.2, 0.25) is 4.44 Å². The van der Waals surface area contributed by atoms with Crippen molar-refractivity contribution in [2.24, 2.45) is 0 Å². The summed E-state index contributed by atoms with van der Waals surface area (Å²) < 4.78 is 56.6. The molecule has 0 aromatic carbocycles. The van der Waals surface area contributed by atoms with Crippen molar-refractivity contribution in [2.75, 3.05) is 0 Å². The van der Waals surface area contributed by atoms with Crippen LogP contribution in [0.1, 0.15) is 68.7 Å². The van der Waals surface area contributed by atoms with Gasteiger partial charge in [0.1, 0.15) is 0 Å². The van der Waals surface area contributed by atoms with Crippen molar-refractivity contribution >= 4 is 19.6 Å². The molecule has 0 amide bonds. The summed E-state index contributed by atoms with van der Waals surface area (Å²) in [7, 11) is 0. The molecule has 3 nitrogen and oxygen atoms in total. The Morgan fingerprint density at radius 3 is 1.22 bits per heavy atom. The van der Waals surface area contributed by atoms with E-state index in [2.05, 4.69) is 0 Å². The predicted octanol–water partition coefficient (Wildman–Crippen LogP) is 5.84. The molecule has 0 saturated carbocycles. The van der Waals surface area contributed by atoms with Gasteiger partial charge in [0.05, 0.1) is 0 Å². The predicted molar refractivity (Wildman–Crippen MR) is 88.0 cm³/mol. The van der Waals surface area contributed by atoms with E-state index in [9.17, 15) is 13.2 Å². The number of rotatable bonds is 6. The van der Waals surface area contributed by atoms with Gasteiger partial charge >= 0.3 is 144 Å². The molecule has 0 fully saturated rings. The molecule has 0 radical (unpaired) electrons. The zero-order valence-corrected chi connectivity index (χ0v) is 18.6. The van der Waals surface area contributed by atoms with Crippen LogP contribution < -0.4 is 0 Å². The van der Waals surface area contributed by atoms with Crippen LogP contribution in [0.15, 0.2) is 11.9 Å². The van der Waals surface area contributed by atoms with Crippen molar-refractivity contribution in [2.45, 2.75) is 90.0 Å². The molecule has 0 spiro atoms. The fourth-order valence-corrected chi connectivity index (χ4v) is 12.7. The molecule has 0 N–H and O–H groups in total. The molecular formula is C16H31F3O3Sn. The van der Waals surface area contributed by atoms with Gasteiger partial charge in [-0.1, -0.05) is 0 Å². The third kappa shape index (κ3) is 11.4. The van der Waals surface area contributed by atoms with E-state index in [1.54, 1.807) is 0 Å². The number of hydrogen-bond donors (Lipinski definition) is 0. The van der Waals surface area contributed by atoms with Crippen LogP contribution in [0.3, 0.4) is 0 Å². The van der Waals surface area contributed by atoms with Gasteiger partial charge in [-0.05, 0) is 0 Å². The molecule has 0 aromatic rings. The first-order valence-corrected chi connectivity index (χ1v) is 13.3. The van der Waals surface area contributed by atoms with Gasteiger partial charge in [-0.3, -0.25) is 0 Å². The Morgan fingerprint density at radius 2 is 1.00 bits per heavy atom. The second-order valence-electron chi connectivity index (χ2n) is 8.49. The van der Waals surface area contributed by atoms with Crippen molar-refractivity contribution in [1.82, 2.24) is 0 Å². The molecule has 0 aliphatic carbocycles. The molecule has 0 aliphatic rings. The first-order chi connectivity index (χ1) is 9.95. The minimum absolute atomic E-state index is 0.0175. The van der Waals surface area contributed by atoms with Crippen molar-refractivity contribution < 1.29 is 22.4 Å². The number of allylic oxidation sites excluding steroid dienone is 1. The van der Waals surface area contributed by atoms with Gasteiger partial charge in [-0.15, -0.1) is 0 Å². The second-order valence-corrected chi connectivity index (χ2v) is 15.6. The van der Waals surface area contributed by atoms with E-state index in [1.807, 2.05) is 62.3 Å². The monoisotopic (exact) mass is 448 g/mol. The zero-order valence-electron chi connectivity index (χ0n) is 15.8. The molecule has 138 valence electrons. The maximum atomic E-state index is 13.4. The standard InChI is InChI=1S/C4H4F3.3C4H9O.Sn/c1-2-3(5)4(6)7;3*1-4(2,3)5;/h1-2H2;3*1-3H3;/q;3*-1;+3. The van der Waals surface area contributed by atoms with Crippen LogP contribution in [-0.2, 0) is 9.22 Å². The molecule has 0 atom stereocenters. The van der Waals surface area contributed by atoms with Crippen LogP contribution >= 0.6 is 0 Å². The summed E-state index contributed by atoms with van der Waals surface area (Å²) in [5.41, 5.74) is -1.75. The Morgan fingerprint density at radius 1 is 0.696 bits per heavy atom. The molecule has 0 aliphatic heterocycles. The molecule has 23 heavy (non-hydrogen) atoms. The summed E-state index contributed by atoms with van der Waals surface area (Å²) in [6.07, 6.45) is -2.74. The van der Waals surface area contributed by atoms with Crippen LogP contribution in [-0.4, -0.2) is 36.4 Å². The van der Waals surface area contributed by atoms with Gasteiger partial charge in [-0.2, -0.15) is 0 Å². The summed E-state index contributed by atoms with van der Waals surface area (Å²) in [6.45, 7) is 16.6.